The monoisotopic (exact) mass is 232 g/mol. The van der Waals surface area contributed by atoms with Crippen LogP contribution in [0.15, 0.2) is 42.5 Å². The third-order valence-corrected chi connectivity index (χ3v) is 2.24. The number of thiol groups is 1. The fourth-order valence-electron chi connectivity index (χ4n) is 1.51. The summed E-state index contributed by atoms with van der Waals surface area (Å²) < 4.78 is 6.69. The molecule has 2 aromatic carbocycles. The second kappa shape index (κ2) is 6.20. The molecule has 0 unspecified atom stereocenters. The highest BCUT2D eigenvalue weighted by Crippen LogP contribution is 2.25. The van der Waals surface area contributed by atoms with Crippen molar-refractivity contribution < 1.29 is 4.55 Å². The highest BCUT2D eigenvalue weighted by Gasteiger charge is 2.00. The quantitative estimate of drug-likeness (QED) is 0.401. The zero-order valence-electron chi connectivity index (χ0n) is 9.01. The molecule has 0 aliphatic heterocycles. The van der Waals surface area contributed by atoms with E-state index in [1.54, 1.807) is 0 Å². The lowest BCUT2D eigenvalue weighted by molar-refractivity contribution is 0.679. The highest BCUT2D eigenvalue weighted by molar-refractivity contribution is 7.74. The van der Waals surface area contributed by atoms with Gasteiger partial charge >= 0.3 is 0 Å². The number of hydrogen-bond donors (Lipinski definition) is 3. The summed E-state index contributed by atoms with van der Waals surface area (Å²) in [5.74, 6) is 0. The summed E-state index contributed by atoms with van der Waals surface area (Å²) in [6.45, 7) is 2.04. The van der Waals surface area contributed by atoms with Crippen molar-refractivity contribution >= 4 is 18.6 Å². The normalized spacial score (nSPS) is 9.19. The van der Waals surface area contributed by atoms with E-state index in [1.807, 2.05) is 37.3 Å². The first-order chi connectivity index (χ1) is 7.77. The van der Waals surface area contributed by atoms with E-state index in [2.05, 4.69) is 31.1 Å². The van der Waals surface area contributed by atoms with Crippen molar-refractivity contribution in [3.63, 3.8) is 0 Å². The van der Waals surface area contributed by atoms with Gasteiger partial charge in [-0.15, -0.1) is 0 Å². The van der Waals surface area contributed by atoms with E-state index in [4.69, 9.17) is 10.3 Å². The molecule has 1 radical (unpaired) electrons. The van der Waals surface area contributed by atoms with Gasteiger partial charge < -0.3 is 10.3 Å². The first kappa shape index (κ1) is 12.6. The van der Waals surface area contributed by atoms with Gasteiger partial charge in [0.15, 0.2) is 0 Å². The average Bonchev–Trinajstić information content (AvgIpc) is 2.33. The van der Waals surface area contributed by atoms with Gasteiger partial charge in [-0.05, 0) is 43.1 Å². The van der Waals surface area contributed by atoms with Crippen LogP contribution >= 0.6 is 12.9 Å². The fourth-order valence-corrected chi connectivity index (χ4v) is 1.51. The van der Waals surface area contributed by atoms with E-state index in [0.717, 1.165) is 16.8 Å². The van der Waals surface area contributed by atoms with Crippen LogP contribution in [-0.2, 0) is 0 Å². The number of nitrogen functional groups attached to an aromatic ring is 1. The maximum atomic E-state index is 6.69. The van der Waals surface area contributed by atoms with Crippen LogP contribution in [0.5, 0.6) is 0 Å². The lowest BCUT2D eigenvalue weighted by atomic mass is 10.0. The van der Waals surface area contributed by atoms with Crippen molar-refractivity contribution in [3.05, 3.63) is 54.1 Å². The zero-order valence-corrected chi connectivity index (χ0v) is 9.91. The van der Waals surface area contributed by atoms with E-state index in [0.29, 0.717) is 0 Å². The molecule has 16 heavy (non-hydrogen) atoms. The molecule has 2 rings (SSSR count). The Morgan fingerprint density at radius 2 is 1.75 bits per heavy atom. The number of aryl methyl sites for hydroxylation is 1. The van der Waals surface area contributed by atoms with Gasteiger partial charge in [-0.1, -0.05) is 36.4 Å². The van der Waals surface area contributed by atoms with E-state index in [-0.39, 0.29) is 0 Å². The Balaban J connectivity index is 0.000000606. The average molecular weight is 232 g/mol. The lowest BCUT2D eigenvalue weighted by Crippen LogP contribution is -1.90. The minimum absolute atomic E-state index is 0.830. The predicted molar refractivity (Wildman–Crippen MR) is 71.5 cm³/mol. The first-order valence-corrected chi connectivity index (χ1v) is 5.20. The second-order valence-electron chi connectivity index (χ2n) is 3.38. The summed E-state index contributed by atoms with van der Waals surface area (Å²) in [6, 6.07) is 16.9. The van der Waals surface area contributed by atoms with Gasteiger partial charge in [-0.25, -0.2) is 0 Å². The molecular formula is C13H14NOS. The number of hydrogen-bond acceptors (Lipinski definition) is 3. The Morgan fingerprint density at radius 1 is 1.12 bits per heavy atom. The third kappa shape index (κ3) is 3.02. The van der Waals surface area contributed by atoms with Gasteiger partial charge in [-0.3, -0.25) is 0 Å². The Labute approximate surface area is 101 Å². The molecule has 0 aliphatic rings. The molecular weight excluding hydrogens is 218 g/mol. The molecule has 0 spiro atoms. The van der Waals surface area contributed by atoms with Gasteiger partial charge in [-0.2, -0.15) is 0 Å². The van der Waals surface area contributed by atoms with Crippen LogP contribution in [0.3, 0.4) is 0 Å². The molecule has 0 fully saturated rings. The molecule has 0 saturated heterocycles. The molecule has 3 N–H and O–H groups in total. The summed E-state index contributed by atoms with van der Waals surface area (Å²) in [5.41, 5.74) is 10.2. The topological polar surface area (TPSA) is 46.2 Å². The van der Waals surface area contributed by atoms with Crippen LogP contribution in [0, 0.1) is 13.0 Å². The Bertz CT molecular complexity index is 443. The molecule has 83 valence electrons. The van der Waals surface area contributed by atoms with E-state index >= 15 is 0 Å². The first-order valence-electron chi connectivity index (χ1n) is 4.80. The van der Waals surface area contributed by atoms with Gasteiger partial charge in [0.2, 0.25) is 0 Å². The van der Waals surface area contributed by atoms with Gasteiger partial charge in [0.1, 0.15) is 0 Å². The molecule has 0 bridgehead atoms. The lowest BCUT2D eigenvalue weighted by Gasteiger charge is -2.06. The molecule has 2 nitrogen and oxygen atoms in total. The maximum absolute atomic E-state index is 6.69. The zero-order chi connectivity index (χ0) is 12.0. The fraction of sp³-hybridized carbons (Fsp3) is 0.0769. The number of nitrogens with two attached hydrogens (primary N) is 1. The van der Waals surface area contributed by atoms with Crippen LogP contribution in [0.2, 0.25) is 0 Å². The molecule has 0 saturated carbocycles. The SMILES string of the molecule is Cc1ccc(-c2cc[c]cc2)c(N)c1.OS. The molecule has 2 aromatic rings. The van der Waals surface area contributed by atoms with Crippen molar-refractivity contribution in [2.75, 3.05) is 5.73 Å². The van der Waals surface area contributed by atoms with Gasteiger partial charge in [0.05, 0.1) is 0 Å². The van der Waals surface area contributed by atoms with Crippen LogP contribution in [0.1, 0.15) is 5.56 Å². The Kier molecular flexibility index (Phi) is 4.89. The van der Waals surface area contributed by atoms with Crippen molar-refractivity contribution in [2.45, 2.75) is 6.92 Å². The van der Waals surface area contributed by atoms with Crippen molar-refractivity contribution in [1.29, 1.82) is 0 Å². The molecule has 0 heterocycles. The summed E-state index contributed by atoms with van der Waals surface area (Å²) in [6.07, 6.45) is 0. The number of rotatable bonds is 1. The Hall–Kier alpha value is -1.45. The Morgan fingerprint density at radius 3 is 2.31 bits per heavy atom. The summed E-state index contributed by atoms with van der Waals surface area (Å²) in [4.78, 5) is 0. The highest BCUT2D eigenvalue weighted by atomic mass is 32.1. The third-order valence-electron chi connectivity index (χ3n) is 2.24. The van der Waals surface area contributed by atoms with E-state index in [9.17, 15) is 0 Å². The second-order valence-corrected chi connectivity index (χ2v) is 3.38. The van der Waals surface area contributed by atoms with E-state index in [1.165, 1.54) is 5.56 Å². The largest absolute Gasteiger partial charge is 0.398 e. The van der Waals surface area contributed by atoms with Crippen LogP contribution in [-0.4, -0.2) is 4.55 Å². The van der Waals surface area contributed by atoms with Gasteiger partial charge in [0, 0.05) is 11.3 Å². The standard InChI is InChI=1S/C13H12N.H2OS/c1-10-7-8-12(13(14)9-10)11-5-3-2-4-6-11;1-2/h3-9H,14H2,1H3;1-2H. The number of anilines is 1. The smallest absolute Gasteiger partial charge is 0.0396 e. The van der Waals surface area contributed by atoms with Crippen LogP contribution in [0.4, 0.5) is 5.69 Å². The minimum Gasteiger partial charge on any atom is -0.398 e. The predicted octanol–water partition coefficient (Wildman–Crippen LogP) is 3.43. The molecule has 0 aliphatic carbocycles. The van der Waals surface area contributed by atoms with Crippen LogP contribution in [0.25, 0.3) is 11.1 Å². The molecule has 0 aromatic heterocycles. The van der Waals surface area contributed by atoms with Crippen molar-refractivity contribution in [3.8, 4) is 11.1 Å². The van der Waals surface area contributed by atoms with Gasteiger partial charge in [0.25, 0.3) is 0 Å². The number of benzene rings is 2. The summed E-state index contributed by atoms with van der Waals surface area (Å²) >= 11 is 2.53. The van der Waals surface area contributed by atoms with E-state index < -0.39 is 0 Å². The minimum atomic E-state index is 0.830. The maximum Gasteiger partial charge on any atom is 0.0396 e. The summed E-state index contributed by atoms with van der Waals surface area (Å²) in [7, 11) is 0. The van der Waals surface area contributed by atoms with Crippen LogP contribution < -0.4 is 5.73 Å². The van der Waals surface area contributed by atoms with Crippen molar-refractivity contribution in [1.82, 2.24) is 0 Å². The summed E-state index contributed by atoms with van der Waals surface area (Å²) in [5, 5.41) is 0. The molecule has 0 atom stereocenters. The molecule has 0 amide bonds. The molecule has 3 heteroatoms. The van der Waals surface area contributed by atoms with Crippen molar-refractivity contribution in [2.24, 2.45) is 0 Å².